The van der Waals surface area contributed by atoms with E-state index in [1.807, 2.05) is 62.4 Å². The van der Waals surface area contributed by atoms with Gasteiger partial charge in [0.15, 0.2) is 4.34 Å². The summed E-state index contributed by atoms with van der Waals surface area (Å²) in [6.45, 7) is 3.99. The highest BCUT2D eigenvalue weighted by molar-refractivity contribution is 8.01. The van der Waals surface area contributed by atoms with E-state index in [2.05, 4.69) is 20.8 Å². The second-order valence-corrected chi connectivity index (χ2v) is 8.37. The number of hydrogen-bond donors (Lipinski definition) is 2. The maximum atomic E-state index is 12.2. The standard InChI is InChI=1S/C20H20N4O2S2/c1-13-7-6-10-16(14(13)2)21-18(26)12-27-20-24-23-19(28-20)22-17(25)11-15-8-4-3-5-9-15/h3-10H,11-12H2,1-2H3,(H,21,26)(H,22,23,25). The molecule has 28 heavy (non-hydrogen) atoms. The van der Waals surface area contributed by atoms with Gasteiger partial charge < -0.3 is 10.6 Å². The first-order valence-electron chi connectivity index (χ1n) is 8.67. The highest BCUT2D eigenvalue weighted by Crippen LogP contribution is 2.26. The molecule has 2 aromatic carbocycles. The summed E-state index contributed by atoms with van der Waals surface area (Å²) in [4.78, 5) is 24.3. The van der Waals surface area contributed by atoms with Crippen molar-refractivity contribution in [2.45, 2.75) is 24.6 Å². The van der Waals surface area contributed by atoms with Crippen LogP contribution in [0.5, 0.6) is 0 Å². The number of thioether (sulfide) groups is 1. The largest absolute Gasteiger partial charge is 0.325 e. The Bertz CT molecular complexity index is 973. The highest BCUT2D eigenvalue weighted by Gasteiger charge is 2.12. The average molecular weight is 413 g/mol. The first-order chi connectivity index (χ1) is 13.5. The van der Waals surface area contributed by atoms with Crippen molar-refractivity contribution in [3.05, 3.63) is 65.2 Å². The number of benzene rings is 2. The van der Waals surface area contributed by atoms with E-state index in [4.69, 9.17) is 0 Å². The van der Waals surface area contributed by atoms with Crippen molar-refractivity contribution in [2.75, 3.05) is 16.4 Å². The molecule has 0 unspecified atom stereocenters. The van der Waals surface area contributed by atoms with Gasteiger partial charge in [0, 0.05) is 5.69 Å². The summed E-state index contributed by atoms with van der Waals surface area (Å²) in [6.07, 6.45) is 0.279. The van der Waals surface area contributed by atoms with Crippen molar-refractivity contribution in [3.63, 3.8) is 0 Å². The molecule has 6 nitrogen and oxygen atoms in total. The summed E-state index contributed by atoms with van der Waals surface area (Å²) in [6, 6.07) is 15.3. The number of nitrogens with zero attached hydrogens (tertiary/aromatic N) is 2. The molecule has 8 heteroatoms. The third-order valence-corrected chi connectivity index (χ3v) is 6.04. The summed E-state index contributed by atoms with van der Waals surface area (Å²) in [5.41, 5.74) is 3.93. The van der Waals surface area contributed by atoms with E-state index in [1.54, 1.807) is 0 Å². The first kappa shape index (κ1) is 20.0. The maximum Gasteiger partial charge on any atom is 0.234 e. The van der Waals surface area contributed by atoms with Gasteiger partial charge in [0.2, 0.25) is 16.9 Å². The van der Waals surface area contributed by atoms with Crippen LogP contribution in [0.3, 0.4) is 0 Å². The molecular weight excluding hydrogens is 392 g/mol. The van der Waals surface area contributed by atoms with Crippen molar-refractivity contribution in [1.29, 1.82) is 0 Å². The van der Waals surface area contributed by atoms with Crippen LogP contribution in [-0.4, -0.2) is 27.8 Å². The molecule has 3 aromatic rings. The topological polar surface area (TPSA) is 84.0 Å². The number of carbonyl (C=O) groups excluding carboxylic acids is 2. The minimum atomic E-state index is -0.147. The predicted molar refractivity (Wildman–Crippen MR) is 114 cm³/mol. The number of rotatable bonds is 7. The number of hydrogen-bond acceptors (Lipinski definition) is 6. The summed E-state index contributed by atoms with van der Waals surface area (Å²) in [5, 5.41) is 14.1. The number of nitrogens with one attached hydrogen (secondary N) is 2. The van der Waals surface area contributed by atoms with Crippen LogP contribution in [0.15, 0.2) is 52.9 Å². The van der Waals surface area contributed by atoms with Crippen LogP contribution in [0.4, 0.5) is 10.8 Å². The Hall–Kier alpha value is -2.71. The van der Waals surface area contributed by atoms with Crippen molar-refractivity contribution >= 4 is 45.7 Å². The van der Waals surface area contributed by atoms with E-state index in [1.165, 1.54) is 23.1 Å². The van der Waals surface area contributed by atoms with Crippen molar-refractivity contribution in [1.82, 2.24) is 10.2 Å². The summed E-state index contributed by atoms with van der Waals surface area (Å²) < 4.78 is 0.631. The molecule has 0 fully saturated rings. The van der Waals surface area contributed by atoms with Crippen molar-refractivity contribution in [2.24, 2.45) is 0 Å². The fourth-order valence-electron chi connectivity index (χ4n) is 2.46. The molecule has 0 aliphatic rings. The lowest BCUT2D eigenvalue weighted by atomic mass is 10.1. The number of amides is 2. The lowest BCUT2D eigenvalue weighted by Gasteiger charge is -2.09. The van der Waals surface area contributed by atoms with Crippen LogP contribution >= 0.6 is 23.1 Å². The number of aryl methyl sites for hydroxylation is 1. The van der Waals surface area contributed by atoms with Gasteiger partial charge >= 0.3 is 0 Å². The molecule has 1 aromatic heterocycles. The molecule has 0 saturated carbocycles. The molecule has 0 spiro atoms. The maximum absolute atomic E-state index is 12.2. The van der Waals surface area contributed by atoms with Gasteiger partial charge in [0.25, 0.3) is 0 Å². The number of carbonyl (C=O) groups is 2. The molecule has 2 amide bonds. The van der Waals surface area contributed by atoms with Gasteiger partial charge in [-0.25, -0.2) is 0 Å². The molecule has 144 valence electrons. The number of anilines is 2. The smallest absolute Gasteiger partial charge is 0.234 e. The quantitative estimate of drug-likeness (QED) is 0.451. The molecule has 0 radical (unpaired) electrons. The van der Waals surface area contributed by atoms with Crippen molar-refractivity contribution in [3.8, 4) is 0 Å². The van der Waals surface area contributed by atoms with Gasteiger partial charge in [-0.2, -0.15) is 0 Å². The minimum Gasteiger partial charge on any atom is -0.325 e. The Balaban J connectivity index is 1.48. The Kier molecular flexibility index (Phi) is 6.78. The van der Waals surface area contributed by atoms with Crippen LogP contribution in [0.25, 0.3) is 0 Å². The Morgan fingerprint density at radius 3 is 2.54 bits per heavy atom. The van der Waals surface area contributed by atoms with E-state index < -0.39 is 0 Å². The third kappa shape index (κ3) is 5.64. The molecule has 0 bridgehead atoms. The summed E-state index contributed by atoms with van der Waals surface area (Å²) >= 11 is 2.55. The van der Waals surface area contributed by atoms with E-state index >= 15 is 0 Å². The van der Waals surface area contributed by atoms with Crippen LogP contribution < -0.4 is 10.6 Å². The zero-order valence-electron chi connectivity index (χ0n) is 15.6. The SMILES string of the molecule is Cc1cccc(NC(=O)CSc2nnc(NC(=O)Cc3ccccc3)s2)c1C. The Morgan fingerprint density at radius 1 is 0.964 bits per heavy atom. The fraction of sp³-hybridized carbons (Fsp3) is 0.200. The molecule has 0 atom stereocenters. The monoisotopic (exact) mass is 412 g/mol. The third-order valence-electron chi connectivity index (χ3n) is 4.07. The van der Waals surface area contributed by atoms with Crippen LogP contribution in [0.2, 0.25) is 0 Å². The first-order valence-corrected chi connectivity index (χ1v) is 10.5. The van der Waals surface area contributed by atoms with Gasteiger partial charge in [0.1, 0.15) is 0 Å². The van der Waals surface area contributed by atoms with E-state index in [0.29, 0.717) is 9.47 Å². The molecule has 3 rings (SSSR count). The Labute approximate surface area is 171 Å². The second kappa shape index (κ2) is 9.48. The number of aromatic nitrogens is 2. The molecule has 0 aliphatic heterocycles. The highest BCUT2D eigenvalue weighted by atomic mass is 32.2. The molecular formula is C20H20N4O2S2. The van der Waals surface area contributed by atoms with Gasteiger partial charge in [-0.15, -0.1) is 10.2 Å². The van der Waals surface area contributed by atoms with Gasteiger partial charge in [-0.3, -0.25) is 9.59 Å². The molecule has 2 N–H and O–H groups in total. The minimum absolute atomic E-state index is 0.108. The van der Waals surface area contributed by atoms with E-state index in [9.17, 15) is 9.59 Å². The zero-order chi connectivity index (χ0) is 19.9. The summed E-state index contributed by atoms with van der Waals surface area (Å²) in [7, 11) is 0. The normalized spacial score (nSPS) is 10.5. The molecule has 1 heterocycles. The van der Waals surface area contributed by atoms with Crippen LogP contribution in [0.1, 0.15) is 16.7 Å². The molecule has 0 aliphatic carbocycles. The second-order valence-electron chi connectivity index (χ2n) is 6.17. The fourth-order valence-corrected chi connectivity index (χ4v) is 4.03. The summed E-state index contributed by atoms with van der Waals surface area (Å²) in [5.74, 6) is -0.0323. The van der Waals surface area contributed by atoms with Crippen LogP contribution in [0, 0.1) is 13.8 Å². The van der Waals surface area contributed by atoms with Crippen LogP contribution in [-0.2, 0) is 16.0 Å². The molecule has 0 saturated heterocycles. The predicted octanol–water partition coefficient (Wildman–Crippen LogP) is 4.07. The van der Waals surface area contributed by atoms with Crippen molar-refractivity contribution < 1.29 is 9.59 Å². The van der Waals surface area contributed by atoms with Gasteiger partial charge in [-0.05, 0) is 36.6 Å². The van der Waals surface area contributed by atoms with E-state index in [0.717, 1.165) is 22.4 Å². The Morgan fingerprint density at radius 2 is 1.75 bits per heavy atom. The lowest BCUT2D eigenvalue weighted by Crippen LogP contribution is -2.15. The van der Waals surface area contributed by atoms with Gasteiger partial charge in [0.05, 0.1) is 12.2 Å². The van der Waals surface area contributed by atoms with Gasteiger partial charge in [-0.1, -0.05) is 65.6 Å². The zero-order valence-corrected chi connectivity index (χ0v) is 17.2. The average Bonchev–Trinajstić information content (AvgIpc) is 3.12. The lowest BCUT2D eigenvalue weighted by molar-refractivity contribution is -0.115. The van der Waals surface area contributed by atoms with E-state index in [-0.39, 0.29) is 24.0 Å².